The maximum absolute atomic E-state index is 13.8. The summed E-state index contributed by atoms with van der Waals surface area (Å²) in [6.45, 7) is -0.600. The van der Waals surface area contributed by atoms with E-state index >= 15 is 0 Å². The van der Waals surface area contributed by atoms with Crippen molar-refractivity contribution < 1.29 is 42.1 Å². The van der Waals surface area contributed by atoms with E-state index < -0.39 is 24.8 Å². The number of halogens is 4. The Morgan fingerprint density at radius 3 is 2.25 bits per heavy atom. The number of hydrogen-bond acceptors (Lipinski definition) is 9. The van der Waals surface area contributed by atoms with Crippen molar-refractivity contribution in [1.82, 2.24) is 9.88 Å². The van der Waals surface area contributed by atoms with Gasteiger partial charge in [-0.2, -0.15) is 8.78 Å². The van der Waals surface area contributed by atoms with E-state index in [-0.39, 0.29) is 42.0 Å². The van der Waals surface area contributed by atoms with Crippen molar-refractivity contribution in [2.75, 3.05) is 38.8 Å². The quantitative estimate of drug-likeness (QED) is 0.125. The van der Waals surface area contributed by atoms with Crippen LogP contribution in [0.1, 0.15) is 46.0 Å². The van der Waals surface area contributed by atoms with Gasteiger partial charge in [0.05, 0.1) is 42.1 Å². The minimum atomic E-state index is -3.10. The molecule has 3 saturated heterocycles. The topological polar surface area (TPSA) is 99.7 Å². The first-order valence-corrected chi connectivity index (χ1v) is 17.4. The van der Waals surface area contributed by atoms with Gasteiger partial charge in [-0.15, -0.1) is 0 Å². The first-order valence-electron chi connectivity index (χ1n) is 16.7. The van der Waals surface area contributed by atoms with Crippen molar-refractivity contribution in [3.8, 4) is 17.2 Å². The van der Waals surface area contributed by atoms with Crippen LogP contribution in [0.5, 0.6) is 17.2 Å². The molecule has 2 bridgehead atoms. The SMILES string of the molecule is COc1ccc([C@H](Cc2c(Cl)cncc2Cl)OC(=O)c2ccc(CN(C(=O)O[C@H]3CN4CCC3CC4)c3ccccc3OC(F)F)cc2)cc1OC. The van der Waals surface area contributed by atoms with E-state index in [1.807, 2.05) is 0 Å². The molecule has 3 aliphatic heterocycles. The van der Waals surface area contributed by atoms with Crippen LogP contribution in [-0.4, -0.2) is 68.5 Å². The Hall–Kier alpha value is -4.65. The third kappa shape index (κ3) is 8.68. The first kappa shape index (κ1) is 37.1. The number of carbonyl (C=O) groups excluding carboxylic acids is 2. The zero-order chi connectivity index (χ0) is 36.8. The van der Waals surface area contributed by atoms with Gasteiger partial charge in [-0.25, -0.2) is 9.59 Å². The molecule has 1 amide bonds. The third-order valence-corrected chi connectivity index (χ3v) is 9.99. The highest BCUT2D eigenvalue weighted by Gasteiger charge is 2.38. The van der Waals surface area contributed by atoms with E-state index in [4.69, 9.17) is 46.9 Å². The molecule has 4 aromatic rings. The second kappa shape index (κ2) is 16.8. The number of benzene rings is 3. The molecule has 3 aromatic carbocycles. The van der Waals surface area contributed by atoms with Crippen LogP contribution in [0.4, 0.5) is 19.3 Å². The van der Waals surface area contributed by atoms with Gasteiger partial charge in [-0.05, 0) is 84.9 Å². The molecule has 274 valence electrons. The minimum Gasteiger partial charge on any atom is -0.493 e. The average molecular weight is 757 g/mol. The van der Waals surface area contributed by atoms with Gasteiger partial charge in [0.2, 0.25) is 0 Å². The number of pyridine rings is 1. The van der Waals surface area contributed by atoms with Crippen molar-refractivity contribution in [2.24, 2.45) is 5.92 Å². The van der Waals surface area contributed by atoms with Gasteiger partial charge in [0.25, 0.3) is 0 Å². The number of para-hydroxylation sites is 2. The Morgan fingerprint density at radius 2 is 1.62 bits per heavy atom. The Balaban J connectivity index is 1.24. The van der Waals surface area contributed by atoms with E-state index in [1.165, 1.54) is 43.6 Å². The molecule has 52 heavy (non-hydrogen) atoms. The summed E-state index contributed by atoms with van der Waals surface area (Å²) < 4.78 is 54.5. The van der Waals surface area contributed by atoms with Crippen LogP contribution in [0.15, 0.2) is 79.1 Å². The van der Waals surface area contributed by atoms with Gasteiger partial charge in [0.15, 0.2) is 11.5 Å². The number of methoxy groups -OCH3 is 2. The lowest BCUT2D eigenvalue weighted by atomic mass is 9.86. The van der Waals surface area contributed by atoms with Crippen molar-refractivity contribution in [3.63, 3.8) is 0 Å². The molecule has 7 rings (SSSR count). The summed E-state index contributed by atoms with van der Waals surface area (Å²) in [4.78, 5) is 34.9. The van der Waals surface area contributed by atoms with Gasteiger partial charge >= 0.3 is 18.7 Å². The van der Waals surface area contributed by atoms with E-state index in [0.29, 0.717) is 44.8 Å². The molecule has 10 nitrogen and oxygen atoms in total. The van der Waals surface area contributed by atoms with Gasteiger partial charge in [0, 0.05) is 25.4 Å². The van der Waals surface area contributed by atoms with Crippen LogP contribution in [-0.2, 0) is 22.4 Å². The highest BCUT2D eigenvalue weighted by Crippen LogP contribution is 2.37. The number of fused-ring (bicyclic) bond motifs is 3. The van der Waals surface area contributed by atoms with Crippen LogP contribution in [0.2, 0.25) is 10.0 Å². The zero-order valence-corrected chi connectivity index (χ0v) is 30.0. The minimum absolute atomic E-state index is 0.0494. The maximum atomic E-state index is 13.8. The number of esters is 1. The van der Waals surface area contributed by atoms with Gasteiger partial charge in [-0.1, -0.05) is 53.5 Å². The van der Waals surface area contributed by atoms with Crippen LogP contribution in [0.25, 0.3) is 0 Å². The van der Waals surface area contributed by atoms with Crippen molar-refractivity contribution >= 4 is 41.0 Å². The predicted octanol–water partition coefficient (Wildman–Crippen LogP) is 8.39. The van der Waals surface area contributed by atoms with E-state index in [2.05, 4.69) is 9.88 Å². The summed E-state index contributed by atoms with van der Waals surface area (Å²) in [6.07, 6.45) is 3.08. The average Bonchev–Trinajstić information content (AvgIpc) is 3.15. The maximum Gasteiger partial charge on any atom is 0.415 e. The first-order chi connectivity index (χ1) is 25.1. The number of rotatable bonds is 13. The number of anilines is 1. The number of piperidine rings is 3. The van der Waals surface area contributed by atoms with E-state index in [0.717, 1.165) is 25.9 Å². The Labute approximate surface area is 310 Å². The molecule has 1 aromatic heterocycles. The molecule has 0 spiro atoms. The molecule has 3 fully saturated rings. The second-order valence-corrected chi connectivity index (χ2v) is 13.3. The lowest BCUT2D eigenvalue weighted by molar-refractivity contribution is -0.0498. The highest BCUT2D eigenvalue weighted by atomic mass is 35.5. The molecule has 0 unspecified atom stereocenters. The van der Waals surface area contributed by atoms with Crippen LogP contribution in [0.3, 0.4) is 0 Å². The summed E-state index contributed by atoms with van der Waals surface area (Å²) in [7, 11) is 3.02. The zero-order valence-electron chi connectivity index (χ0n) is 28.5. The molecule has 3 aliphatic rings. The van der Waals surface area contributed by atoms with Gasteiger partial charge in [-0.3, -0.25) is 14.8 Å². The molecule has 14 heteroatoms. The molecule has 0 aliphatic carbocycles. The summed E-state index contributed by atoms with van der Waals surface area (Å²) in [5.74, 6) is 0.370. The number of nitrogens with zero attached hydrogens (tertiary/aromatic N) is 3. The molecule has 0 N–H and O–H groups in total. The number of carbonyl (C=O) groups is 2. The largest absolute Gasteiger partial charge is 0.493 e. The van der Waals surface area contributed by atoms with Gasteiger partial charge < -0.3 is 23.7 Å². The Bertz CT molecular complexity index is 1860. The molecule has 4 heterocycles. The fourth-order valence-corrected chi connectivity index (χ4v) is 7.11. The molecule has 2 atom stereocenters. The summed E-state index contributed by atoms with van der Waals surface area (Å²) >= 11 is 12.9. The highest BCUT2D eigenvalue weighted by molar-refractivity contribution is 6.35. The fourth-order valence-electron chi connectivity index (χ4n) is 6.59. The van der Waals surface area contributed by atoms with Crippen LogP contribution in [0, 0.1) is 5.92 Å². The number of ether oxygens (including phenoxy) is 5. The normalized spacial score (nSPS) is 18.4. The molecule has 0 radical (unpaired) electrons. The van der Waals surface area contributed by atoms with E-state index in [9.17, 15) is 18.4 Å². The van der Waals surface area contributed by atoms with Crippen molar-refractivity contribution in [3.05, 3.63) is 111 Å². The second-order valence-electron chi connectivity index (χ2n) is 12.5. The van der Waals surface area contributed by atoms with Gasteiger partial charge in [0.1, 0.15) is 18.0 Å². The predicted molar refractivity (Wildman–Crippen MR) is 191 cm³/mol. The number of alkyl halides is 2. The Kier molecular flexibility index (Phi) is 12.0. The number of aromatic nitrogens is 1. The molecule has 0 saturated carbocycles. The van der Waals surface area contributed by atoms with Crippen LogP contribution < -0.4 is 19.1 Å². The lowest BCUT2D eigenvalue weighted by Gasteiger charge is -2.44. The summed E-state index contributed by atoms with van der Waals surface area (Å²) in [5, 5.41) is 0.631. The monoisotopic (exact) mass is 755 g/mol. The summed E-state index contributed by atoms with van der Waals surface area (Å²) in [5.41, 5.74) is 2.10. The van der Waals surface area contributed by atoms with E-state index in [1.54, 1.807) is 54.6 Å². The standard InChI is InChI=1S/C38H37Cl2F2N3O7/c1-48-32-12-11-26(17-34(32)49-2)33(18-27-28(39)19-43-20-29(27)40)50-36(46)25-9-7-23(8-10-25)21-45(30-5-3-4-6-31(30)51-37(41)42)38(47)52-35-22-44-15-13-24(35)14-16-44/h3-12,17,19-20,24,33,35,37H,13-16,18,21-22H2,1-2H3/t33-,35-/m0/s1. The molecular weight excluding hydrogens is 719 g/mol. The van der Waals surface area contributed by atoms with Crippen molar-refractivity contribution in [2.45, 2.75) is 44.6 Å². The number of amides is 1. The fraction of sp³-hybridized carbons (Fsp3) is 0.342. The lowest BCUT2D eigenvalue weighted by Crippen LogP contribution is -2.53. The smallest absolute Gasteiger partial charge is 0.415 e. The third-order valence-electron chi connectivity index (χ3n) is 9.34. The van der Waals surface area contributed by atoms with Crippen molar-refractivity contribution in [1.29, 1.82) is 0 Å². The Morgan fingerprint density at radius 1 is 0.923 bits per heavy atom. The molecular formula is C38H37Cl2F2N3O7. The summed E-state index contributed by atoms with van der Waals surface area (Å²) in [6, 6.07) is 17.7. The van der Waals surface area contributed by atoms with Crippen LogP contribution >= 0.6 is 23.2 Å². The number of hydrogen-bond donors (Lipinski definition) is 0.